The number of hydrogen-bond donors (Lipinski definition) is 1. The van der Waals surface area contributed by atoms with Crippen LogP contribution in [0.5, 0.6) is 0 Å². The van der Waals surface area contributed by atoms with Crippen LogP contribution in [-0.2, 0) is 5.92 Å². The van der Waals surface area contributed by atoms with Gasteiger partial charge in [0.05, 0.1) is 0 Å². The van der Waals surface area contributed by atoms with Crippen LogP contribution < -0.4 is 0 Å². The number of alkyl halides is 2. The largest absolute Gasteiger partial charge is 0.367 e. The van der Waals surface area contributed by atoms with Crippen molar-refractivity contribution in [2.24, 2.45) is 0 Å². The van der Waals surface area contributed by atoms with Crippen molar-refractivity contribution in [3.63, 3.8) is 0 Å². The van der Waals surface area contributed by atoms with Gasteiger partial charge < -0.3 is 4.98 Å². The summed E-state index contributed by atoms with van der Waals surface area (Å²) in [5.74, 6) is -2.71. The lowest BCUT2D eigenvalue weighted by Crippen LogP contribution is -2.04. The Bertz CT molecular complexity index is 173. The molecule has 0 saturated carbocycles. The quantitative estimate of drug-likeness (QED) is 0.600. The fraction of sp³-hybridized carbons (Fsp3) is 0.333. The third kappa shape index (κ3) is 1.28. The molecule has 1 aromatic rings. The molecule has 1 aromatic heterocycles. The predicted octanol–water partition coefficient (Wildman–Crippen LogP) is 2.13. The molecule has 1 N–H and O–H groups in total. The van der Waals surface area contributed by atoms with Crippen molar-refractivity contribution in [1.82, 2.24) is 4.98 Å². The van der Waals surface area contributed by atoms with Gasteiger partial charge in [0, 0.05) is 24.9 Å². The van der Waals surface area contributed by atoms with Gasteiger partial charge in [0.1, 0.15) is 0 Å². The van der Waals surface area contributed by atoms with E-state index in [1.54, 1.807) is 0 Å². The van der Waals surface area contributed by atoms with Gasteiger partial charge in [-0.05, 0) is 6.07 Å². The van der Waals surface area contributed by atoms with E-state index in [2.05, 4.69) is 4.98 Å². The van der Waals surface area contributed by atoms with Crippen LogP contribution in [0.3, 0.4) is 0 Å². The number of nitrogens with one attached hydrogen (secondary N) is 1. The summed E-state index contributed by atoms with van der Waals surface area (Å²) in [6, 6.07) is 1.36. The van der Waals surface area contributed by atoms with Crippen molar-refractivity contribution in [2.45, 2.75) is 12.8 Å². The van der Waals surface area contributed by atoms with Crippen molar-refractivity contribution >= 4 is 0 Å². The minimum absolute atomic E-state index is 0.0301. The predicted molar refractivity (Wildman–Crippen MR) is 30.4 cm³/mol. The van der Waals surface area contributed by atoms with Gasteiger partial charge >= 0.3 is 0 Å². The molecule has 9 heavy (non-hydrogen) atoms. The Kier molecular flexibility index (Phi) is 1.27. The molecule has 0 radical (unpaired) electrons. The zero-order valence-electron chi connectivity index (χ0n) is 4.99. The van der Waals surface area contributed by atoms with Crippen LogP contribution in [0.1, 0.15) is 12.5 Å². The smallest absolute Gasteiger partial charge is 0.271 e. The van der Waals surface area contributed by atoms with E-state index in [4.69, 9.17) is 0 Å². The molecule has 0 amide bonds. The van der Waals surface area contributed by atoms with Gasteiger partial charge in [-0.1, -0.05) is 0 Å². The van der Waals surface area contributed by atoms with Crippen LogP contribution in [0.25, 0.3) is 0 Å². The molecule has 0 aliphatic rings. The van der Waals surface area contributed by atoms with Crippen molar-refractivity contribution in [3.05, 3.63) is 24.0 Å². The summed E-state index contributed by atoms with van der Waals surface area (Å²) in [4.78, 5) is 2.56. The first-order valence-corrected chi connectivity index (χ1v) is 2.62. The molecule has 0 saturated heterocycles. The highest BCUT2D eigenvalue weighted by atomic mass is 19.3. The summed E-state index contributed by atoms with van der Waals surface area (Å²) >= 11 is 0. The van der Waals surface area contributed by atoms with E-state index in [1.165, 1.54) is 18.5 Å². The monoisotopic (exact) mass is 131 g/mol. The fourth-order valence-corrected chi connectivity index (χ4v) is 0.597. The maximum Gasteiger partial charge on any atom is 0.271 e. The van der Waals surface area contributed by atoms with E-state index in [0.717, 1.165) is 6.92 Å². The Hall–Kier alpha value is -0.860. The molecule has 0 unspecified atom stereocenters. The van der Waals surface area contributed by atoms with Crippen LogP contribution in [0.2, 0.25) is 0 Å². The summed E-state index contributed by atoms with van der Waals surface area (Å²) in [6.45, 7) is 0.871. The molecule has 1 nitrogen and oxygen atoms in total. The van der Waals surface area contributed by atoms with Crippen LogP contribution in [0.4, 0.5) is 8.78 Å². The summed E-state index contributed by atoms with van der Waals surface area (Å²) < 4.78 is 24.5. The molecular formula is C6H7F2N. The van der Waals surface area contributed by atoms with Crippen LogP contribution in [-0.4, -0.2) is 4.98 Å². The van der Waals surface area contributed by atoms with Gasteiger partial charge in [-0.25, -0.2) is 8.78 Å². The zero-order chi connectivity index (χ0) is 6.91. The second-order valence-corrected chi connectivity index (χ2v) is 1.99. The van der Waals surface area contributed by atoms with E-state index in [9.17, 15) is 8.78 Å². The Morgan fingerprint density at radius 1 is 1.56 bits per heavy atom. The molecule has 0 atom stereocenters. The maximum absolute atomic E-state index is 12.3. The highest BCUT2D eigenvalue weighted by Crippen LogP contribution is 2.25. The first-order chi connectivity index (χ1) is 4.11. The molecular weight excluding hydrogens is 124 g/mol. The molecule has 50 valence electrons. The number of aromatic nitrogens is 1. The molecule has 3 heteroatoms. The zero-order valence-corrected chi connectivity index (χ0v) is 4.99. The van der Waals surface area contributed by atoms with Crippen LogP contribution >= 0.6 is 0 Å². The SMILES string of the molecule is CC(F)(F)c1cc[nH]c1. The first-order valence-electron chi connectivity index (χ1n) is 2.62. The lowest BCUT2D eigenvalue weighted by molar-refractivity contribution is 0.0176. The first kappa shape index (κ1) is 6.26. The molecule has 0 bridgehead atoms. The van der Waals surface area contributed by atoms with Crippen molar-refractivity contribution in [2.75, 3.05) is 0 Å². The number of rotatable bonds is 1. The van der Waals surface area contributed by atoms with Gasteiger partial charge in [-0.15, -0.1) is 0 Å². The molecule has 0 spiro atoms. The second-order valence-electron chi connectivity index (χ2n) is 1.99. The summed E-state index contributed by atoms with van der Waals surface area (Å²) in [6.07, 6.45) is 2.77. The minimum Gasteiger partial charge on any atom is -0.367 e. The van der Waals surface area contributed by atoms with Gasteiger partial charge in [0.2, 0.25) is 0 Å². The van der Waals surface area contributed by atoms with Gasteiger partial charge in [0.15, 0.2) is 0 Å². The van der Waals surface area contributed by atoms with E-state index in [1.807, 2.05) is 0 Å². The molecule has 0 aliphatic carbocycles. The van der Waals surface area contributed by atoms with Crippen LogP contribution in [0, 0.1) is 0 Å². The van der Waals surface area contributed by atoms with E-state index in [0.29, 0.717) is 0 Å². The average molecular weight is 131 g/mol. The Morgan fingerprint density at radius 3 is 2.44 bits per heavy atom. The van der Waals surface area contributed by atoms with Crippen molar-refractivity contribution < 1.29 is 8.78 Å². The number of aromatic amines is 1. The van der Waals surface area contributed by atoms with Gasteiger partial charge in [0.25, 0.3) is 5.92 Å². The highest BCUT2D eigenvalue weighted by molar-refractivity contribution is 5.13. The van der Waals surface area contributed by atoms with Crippen molar-refractivity contribution in [3.8, 4) is 0 Å². The third-order valence-corrected chi connectivity index (χ3v) is 1.10. The highest BCUT2D eigenvalue weighted by Gasteiger charge is 2.23. The lowest BCUT2D eigenvalue weighted by Gasteiger charge is -2.05. The Labute approximate surface area is 51.7 Å². The maximum atomic E-state index is 12.3. The number of H-pyrrole nitrogens is 1. The lowest BCUT2D eigenvalue weighted by atomic mass is 10.2. The topological polar surface area (TPSA) is 15.8 Å². The summed E-state index contributed by atoms with van der Waals surface area (Å²) in [5.41, 5.74) is 0.0301. The summed E-state index contributed by atoms with van der Waals surface area (Å²) in [7, 11) is 0. The van der Waals surface area contributed by atoms with E-state index >= 15 is 0 Å². The molecule has 0 aromatic carbocycles. The van der Waals surface area contributed by atoms with Gasteiger partial charge in [-0.3, -0.25) is 0 Å². The molecule has 1 heterocycles. The van der Waals surface area contributed by atoms with E-state index < -0.39 is 5.92 Å². The average Bonchev–Trinajstić information content (AvgIpc) is 2.08. The summed E-state index contributed by atoms with van der Waals surface area (Å²) in [5, 5.41) is 0. The van der Waals surface area contributed by atoms with Crippen LogP contribution in [0.15, 0.2) is 18.5 Å². The normalized spacial score (nSPS) is 11.9. The minimum atomic E-state index is -2.71. The molecule has 0 fully saturated rings. The third-order valence-electron chi connectivity index (χ3n) is 1.10. The molecule has 1 rings (SSSR count). The number of hydrogen-bond acceptors (Lipinski definition) is 0. The second kappa shape index (κ2) is 1.83. The Morgan fingerprint density at radius 2 is 2.22 bits per heavy atom. The van der Waals surface area contributed by atoms with Gasteiger partial charge in [-0.2, -0.15) is 0 Å². The Balaban J connectivity index is 2.90. The number of halogens is 2. The van der Waals surface area contributed by atoms with E-state index in [-0.39, 0.29) is 5.56 Å². The fourth-order valence-electron chi connectivity index (χ4n) is 0.597. The standard InChI is InChI=1S/C6H7F2N/c1-6(7,8)5-2-3-9-4-5/h2-4,9H,1H3. The van der Waals surface area contributed by atoms with Crippen molar-refractivity contribution in [1.29, 1.82) is 0 Å². The molecule has 0 aliphatic heterocycles.